The van der Waals surface area contributed by atoms with Gasteiger partial charge in [0.05, 0.1) is 18.4 Å². The van der Waals surface area contributed by atoms with Crippen LogP contribution in [0.3, 0.4) is 0 Å². The second-order valence-electron chi connectivity index (χ2n) is 9.43. The van der Waals surface area contributed by atoms with E-state index in [1.54, 1.807) is 0 Å². The maximum Gasteiger partial charge on any atom is 0.339 e. The van der Waals surface area contributed by atoms with Crippen LogP contribution in [0.1, 0.15) is 34.8 Å². The zero-order valence-corrected chi connectivity index (χ0v) is 21.0. The normalized spacial score (nSPS) is 19.9. The van der Waals surface area contributed by atoms with E-state index in [2.05, 4.69) is 34.1 Å². The third kappa shape index (κ3) is 4.05. The van der Waals surface area contributed by atoms with Crippen molar-refractivity contribution in [2.45, 2.75) is 18.8 Å². The minimum Gasteiger partial charge on any atom is -0.465 e. The maximum absolute atomic E-state index is 14.0. The van der Waals surface area contributed by atoms with E-state index in [4.69, 9.17) is 4.74 Å². The number of esters is 1. The maximum atomic E-state index is 14.0. The van der Waals surface area contributed by atoms with Crippen LogP contribution in [-0.2, 0) is 14.9 Å². The first kappa shape index (κ1) is 24.1. The highest BCUT2D eigenvalue weighted by Gasteiger charge is 2.51. The van der Waals surface area contributed by atoms with Gasteiger partial charge in [-0.05, 0) is 49.2 Å². The van der Waals surface area contributed by atoms with Crippen LogP contribution >= 0.6 is 0 Å². The molecule has 1 unspecified atom stereocenters. The number of rotatable bonds is 7. The summed E-state index contributed by atoms with van der Waals surface area (Å²) in [5.74, 6) is -0.139. The van der Waals surface area contributed by atoms with Gasteiger partial charge in [-0.3, -0.25) is 9.69 Å². The average Bonchev–Trinajstić information content (AvgIpc) is 3.19. The van der Waals surface area contributed by atoms with E-state index in [1.807, 2.05) is 66.4 Å². The van der Waals surface area contributed by atoms with Gasteiger partial charge in [0.2, 0.25) is 5.91 Å². The fraction of sp³-hybridized carbons (Fsp3) is 0.333. The third-order valence-corrected chi connectivity index (χ3v) is 7.67. The molecule has 3 aromatic rings. The molecule has 0 bridgehead atoms. The van der Waals surface area contributed by atoms with E-state index in [1.165, 1.54) is 7.11 Å². The van der Waals surface area contributed by atoms with Crippen LogP contribution in [0, 0.1) is 0 Å². The molecule has 36 heavy (non-hydrogen) atoms. The number of carbonyl (C=O) groups excluding carboxylic acids is 2. The lowest BCUT2D eigenvalue weighted by Gasteiger charge is -2.38. The first-order valence-electron chi connectivity index (χ1n) is 12.7. The van der Waals surface area contributed by atoms with Crippen molar-refractivity contribution in [1.82, 2.24) is 4.90 Å². The van der Waals surface area contributed by atoms with Gasteiger partial charge in [-0.25, -0.2) is 4.79 Å². The molecular weight excluding hydrogens is 450 g/mol. The van der Waals surface area contributed by atoms with Crippen LogP contribution in [0.4, 0.5) is 11.4 Å². The molecule has 1 saturated heterocycles. The quantitative estimate of drug-likeness (QED) is 0.468. The highest BCUT2D eigenvalue weighted by molar-refractivity contribution is 6.10. The highest BCUT2D eigenvalue weighted by Crippen LogP contribution is 2.48. The summed E-state index contributed by atoms with van der Waals surface area (Å²) in [7, 11) is 1.42. The topological polar surface area (TPSA) is 53.1 Å². The Kier molecular flexibility index (Phi) is 6.79. The number of hydrogen-bond donors (Lipinski definition) is 0. The number of piperazine rings is 1. The lowest BCUT2D eigenvalue weighted by molar-refractivity contribution is -0.122. The predicted molar refractivity (Wildman–Crippen MR) is 143 cm³/mol. The Morgan fingerprint density at radius 1 is 0.861 bits per heavy atom. The van der Waals surface area contributed by atoms with Crippen LogP contribution in [-0.4, -0.2) is 63.2 Å². The van der Waals surface area contributed by atoms with E-state index in [0.717, 1.165) is 61.6 Å². The van der Waals surface area contributed by atoms with Gasteiger partial charge < -0.3 is 14.5 Å². The third-order valence-electron chi connectivity index (χ3n) is 7.67. The van der Waals surface area contributed by atoms with Crippen molar-refractivity contribution in [3.8, 4) is 0 Å². The zero-order valence-electron chi connectivity index (χ0n) is 21.0. The molecule has 5 rings (SSSR count). The summed E-state index contributed by atoms with van der Waals surface area (Å²) in [5, 5.41) is 0. The Hall–Kier alpha value is -3.64. The molecule has 186 valence electrons. The minimum atomic E-state index is -0.678. The molecule has 1 atom stereocenters. The SMILES string of the molecule is CCN1C(=O)C(CCN2CCN(c3ccccc3C(=O)OC)CC2)(c2ccccc2)c2ccccc21. The van der Waals surface area contributed by atoms with Gasteiger partial charge in [0.15, 0.2) is 0 Å². The van der Waals surface area contributed by atoms with Crippen LogP contribution < -0.4 is 9.80 Å². The molecule has 0 aromatic heterocycles. The fourth-order valence-corrected chi connectivity index (χ4v) is 5.80. The van der Waals surface area contributed by atoms with E-state index < -0.39 is 5.41 Å². The molecule has 0 radical (unpaired) electrons. The standard InChI is InChI=1S/C30H33N3O3/c1-3-33-27-16-10-8-14-25(27)30(29(33)35,23-11-5-4-6-12-23)17-18-31-19-21-32(22-20-31)26-15-9-7-13-24(26)28(34)36-2/h4-16H,3,17-22H2,1-2H3. The fourth-order valence-electron chi connectivity index (χ4n) is 5.80. The Morgan fingerprint density at radius 3 is 2.19 bits per heavy atom. The number of ether oxygens (including phenoxy) is 1. The number of anilines is 2. The Bertz CT molecular complexity index is 1240. The summed E-state index contributed by atoms with van der Waals surface area (Å²) in [6.07, 6.45) is 0.724. The lowest BCUT2D eigenvalue weighted by atomic mass is 9.72. The molecule has 2 aliphatic heterocycles. The number of fused-ring (bicyclic) bond motifs is 1. The van der Waals surface area contributed by atoms with Gasteiger partial charge in [-0.15, -0.1) is 0 Å². The Morgan fingerprint density at radius 2 is 1.50 bits per heavy atom. The number of likely N-dealkylation sites (N-methyl/N-ethyl adjacent to an activating group) is 1. The van der Waals surface area contributed by atoms with E-state index in [0.29, 0.717) is 12.1 Å². The van der Waals surface area contributed by atoms with Crippen LogP contribution in [0.2, 0.25) is 0 Å². The molecule has 3 aromatic carbocycles. The Balaban J connectivity index is 1.36. The van der Waals surface area contributed by atoms with E-state index in [-0.39, 0.29) is 11.9 Å². The molecule has 1 fully saturated rings. The largest absolute Gasteiger partial charge is 0.465 e. The highest BCUT2D eigenvalue weighted by atomic mass is 16.5. The van der Waals surface area contributed by atoms with Gasteiger partial charge in [0.25, 0.3) is 0 Å². The number of carbonyl (C=O) groups is 2. The van der Waals surface area contributed by atoms with Crippen LogP contribution in [0.25, 0.3) is 0 Å². The molecular formula is C30H33N3O3. The Labute approximate surface area is 213 Å². The van der Waals surface area contributed by atoms with Gasteiger partial charge in [0.1, 0.15) is 5.41 Å². The molecule has 0 N–H and O–H groups in total. The number of para-hydroxylation sites is 2. The molecule has 0 spiro atoms. The van der Waals surface area contributed by atoms with Crippen LogP contribution in [0.15, 0.2) is 78.9 Å². The molecule has 2 aliphatic rings. The van der Waals surface area contributed by atoms with Gasteiger partial charge >= 0.3 is 5.97 Å². The molecule has 2 heterocycles. The number of hydrogen-bond acceptors (Lipinski definition) is 5. The summed E-state index contributed by atoms with van der Waals surface area (Å²) in [4.78, 5) is 32.9. The van der Waals surface area contributed by atoms with E-state index >= 15 is 0 Å². The summed E-state index contributed by atoms with van der Waals surface area (Å²) in [6.45, 7) is 6.89. The van der Waals surface area contributed by atoms with Gasteiger partial charge in [-0.2, -0.15) is 0 Å². The average molecular weight is 484 g/mol. The molecule has 6 heteroatoms. The summed E-state index contributed by atoms with van der Waals surface area (Å²) in [5.41, 5.74) is 4.03. The lowest BCUT2D eigenvalue weighted by Crippen LogP contribution is -2.49. The van der Waals surface area contributed by atoms with Crippen molar-refractivity contribution in [2.24, 2.45) is 0 Å². The van der Waals surface area contributed by atoms with Crippen molar-refractivity contribution < 1.29 is 14.3 Å². The molecule has 6 nitrogen and oxygen atoms in total. The van der Waals surface area contributed by atoms with Crippen molar-refractivity contribution in [2.75, 3.05) is 56.2 Å². The van der Waals surface area contributed by atoms with Crippen molar-refractivity contribution in [1.29, 1.82) is 0 Å². The smallest absolute Gasteiger partial charge is 0.339 e. The second-order valence-corrected chi connectivity index (χ2v) is 9.43. The molecule has 0 aliphatic carbocycles. The number of amides is 1. The number of benzene rings is 3. The zero-order chi connectivity index (χ0) is 25.1. The second kappa shape index (κ2) is 10.2. The minimum absolute atomic E-state index is 0.169. The molecule has 1 amide bonds. The monoisotopic (exact) mass is 483 g/mol. The number of methoxy groups -OCH3 is 1. The summed E-state index contributed by atoms with van der Waals surface area (Å²) >= 11 is 0. The first-order chi connectivity index (χ1) is 17.6. The van der Waals surface area contributed by atoms with Crippen molar-refractivity contribution in [3.05, 3.63) is 95.6 Å². The van der Waals surface area contributed by atoms with Gasteiger partial charge in [-0.1, -0.05) is 60.7 Å². The summed E-state index contributed by atoms with van der Waals surface area (Å²) < 4.78 is 4.98. The van der Waals surface area contributed by atoms with Crippen molar-refractivity contribution in [3.63, 3.8) is 0 Å². The van der Waals surface area contributed by atoms with E-state index in [9.17, 15) is 9.59 Å². The summed E-state index contributed by atoms with van der Waals surface area (Å²) in [6, 6.07) is 26.1. The first-order valence-corrected chi connectivity index (χ1v) is 12.7. The van der Waals surface area contributed by atoms with Crippen molar-refractivity contribution >= 4 is 23.3 Å². The molecule has 0 saturated carbocycles. The number of nitrogens with zero attached hydrogens (tertiary/aromatic N) is 3. The predicted octanol–water partition coefficient (Wildman–Crippen LogP) is 4.34. The van der Waals surface area contributed by atoms with Gasteiger partial charge in [0, 0.05) is 38.4 Å². The van der Waals surface area contributed by atoms with Crippen LogP contribution in [0.5, 0.6) is 0 Å².